The standard InChI is InChI=1S/C14H16N2O4S/c17-13-6-5-11(14(18)16-13)15-10-7-8-21(19,20)12-4-2-1-3-9(10)12/h1-4,10-11,15H,5-8H2,(H,16,17,18). The van der Waals surface area contributed by atoms with E-state index in [0.717, 1.165) is 0 Å². The minimum atomic E-state index is -3.23. The van der Waals surface area contributed by atoms with Crippen molar-refractivity contribution in [1.29, 1.82) is 0 Å². The van der Waals surface area contributed by atoms with Gasteiger partial charge in [-0.2, -0.15) is 0 Å². The van der Waals surface area contributed by atoms with Gasteiger partial charge >= 0.3 is 0 Å². The van der Waals surface area contributed by atoms with Crippen LogP contribution in [-0.4, -0.2) is 32.0 Å². The van der Waals surface area contributed by atoms with Gasteiger partial charge in [0.15, 0.2) is 9.84 Å². The van der Waals surface area contributed by atoms with Crippen LogP contribution < -0.4 is 10.6 Å². The summed E-state index contributed by atoms with van der Waals surface area (Å²) in [4.78, 5) is 23.3. The van der Waals surface area contributed by atoms with E-state index in [9.17, 15) is 18.0 Å². The molecular formula is C14H16N2O4S. The van der Waals surface area contributed by atoms with Gasteiger partial charge in [0.1, 0.15) is 0 Å². The highest BCUT2D eigenvalue weighted by molar-refractivity contribution is 7.91. The Morgan fingerprint density at radius 3 is 2.62 bits per heavy atom. The fraction of sp³-hybridized carbons (Fsp3) is 0.429. The number of sulfone groups is 1. The number of hydrogen-bond acceptors (Lipinski definition) is 5. The number of fused-ring (bicyclic) bond motifs is 1. The molecule has 0 spiro atoms. The molecule has 0 radical (unpaired) electrons. The van der Waals surface area contributed by atoms with Gasteiger partial charge < -0.3 is 0 Å². The van der Waals surface area contributed by atoms with E-state index in [1.165, 1.54) is 0 Å². The molecule has 2 unspecified atom stereocenters. The number of benzene rings is 1. The first-order valence-electron chi connectivity index (χ1n) is 6.89. The molecule has 1 aromatic rings. The lowest BCUT2D eigenvalue weighted by atomic mass is 9.99. The van der Waals surface area contributed by atoms with Crippen molar-refractivity contribution in [3.63, 3.8) is 0 Å². The number of imide groups is 1. The highest BCUT2D eigenvalue weighted by Crippen LogP contribution is 2.32. The molecule has 3 rings (SSSR count). The number of piperidine rings is 1. The van der Waals surface area contributed by atoms with Crippen LogP contribution in [0.15, 0.2) is 29.2 Å². The van der Waals surface area contributed by atoms with Crippen molar-refractivity contribution in [3.05, 3.63) is 29.8 Å². The minimum Gasteiger partial charge on any atom is -0.299 e. The predicted molar refractivity (Wildman–Crippen MR) is 75.2 cm³/mol. The van der Waals surface area contributed by atoms with E-state index in [4.69, 9.17) is 0 Å². The Balaban J connectivity index is 1.84. The molecular weight excluding hydrogens is 292 g/mol. The van der Waals surface area contributed by atoms with Crippen molar-refractivity contribution in [1.82, 2.24) is 10.6 Å². The largest absolute Gasteiger partial charge is 0.299 e. The van der Waals surface area contributed by atoms with Gasteiger partial charge in [0.05, 0.1) is 16.7 Å². The van der Waals surface area contributed by atoms with Crippen LogP contribution >= 0.6 is 0 Å². The number of hydrogen-bond donors (Lipinski definition) is 2. The maximum Gasteiger partial charge on any atom is 0.243 e. The number of carbonyl (C=O) groups is 2. The number of nitrogens with one attached hydrogen (secondary N) is 2. The number of carbonyl (C=O) groups excluding carboxylic acids is 2. The second-order valence-electron chi connectivity index (χ2n) is 5.37. The Hall–Kier alpha value is -1.73. The van der Waals surface area contributed by atoms with E-state index in [-0.39, 0.29) is 23.6 Å². The highest BCUT2D eigenvalue weighted by Gasteiger charge is 2.34. The fourth-order valence-corrected chi connectivity index (χ4v) is 4.48. The Kier molecular flexibility index (Phi) is 3.54. The van der Waals surface area contributed by atoms with E-state index in [1.54, 1.807) is 24.3 Å². The zero-order valence-electron chi connectivity index (χ0n) is 11.3. The van der Waals surface area contributed by atoms with Gasteiger partial charge in [-0.05, 0) is 24.5 Å². The molecule has 6 nitrogen and oxygen atoms in total. The maximum absolute atomic E-state index is 12.1. The van der Waals surface area contributed by atoms with Crippen LogP contribution in [0.5, 0.6) is 0 Å². The monoisotopic (exact) mass is 308 g/mol. The molecule has 2 atom stereocenters. The molecule has 0 saturated carbocycles. The van der Waals surface area contributed by atoms with Crippen molar-refractivity contribution < 1.29 is 18.0 Å². The summed E-state index contributed by atoms with van der Waals surface area (Å²) < 4.78 is 24.1. The van der Waals surface area contributed by atoms with Crippen molar-refractivity contribution in [2.24, 2.45) is 0 Å². The molecule has 1 aromatic carbocycles. The first-order valence-corrected chi connectivity index (χ1v) is 8.54. The first kappa shape index (κ1) is 14.2. The van der Waals surface area contributed by atoms with E-state index >= 15 is 0 Å². The van der Waals surface area contributed by atoms with Crippen molar-refractivity contribution in [2.75, 3.05) is 5.75 Å². The third kappa shape index (κ3) is 2.71. The van der Waals surface area contributed by atoms with Gasteiger partial charge in [0.2, 0.25) is 11.8 Å². The molecule has 1 saturated heterocycles. The zero-order chi connectivity index (χ0) is 15.0. The highest BCUT2D eigenvalue weighted by atomic mass is 32.2. The SMILES string of the molecule is O=C1CCC(NC2CCS(=O)(=O)c3ccccc32)C(=O)N1. The summed E-state index contributed by atoms with van der Waals surface area (Å²) >= 11 is 0. The predicted octanol–water partition coefficient (Wildman–Crippen LogP) is 0.300. The van der Waals surface area contributed by atoms with Crippen LogP contribution in [-0.2, 0) is 19.4 Å². The minimum absolute atomic E-state index is 0.0644. The maximum atomic E-state index is 12.1. The summed E-state index contributed by atoms with van der Waals surface area (Å²) in [5.41, 5.74) is 0.702. The van der Waals surface area contributed by atoms with Crippen LogP contribution in [0.4, 0.5) is 0 Å². The van der Waals surface area contributed by atoms with Gasteiger partial charge in [-0.25, -0.2) is 8.42 Å². The number of amides is 2. The van der Waals surface area contributed by atoms with Crippen LogP contribution in [0, 0.1) is 0 Å². The van der Waals surface area contributed by atoms with Crippen LogP contribution in [0.1, 0.15) is 30.9 Å². The van der Waals surface area contributed by atoms with E-state index < -0.39 is 15.9 Å². The summed E-state index contributed by atoms with van der Waals surface area (Å²) in [6, 6.07) is 6.22. The Morgan fingerprint density at radius 2 is 1.86 bits per heavy atom. The summed E-state index contributed by atoms with van der Waals surface area (Å²) in [5, 5.41) is 5.49. The van der Waals surface area contributed by atoms with Gasteiger partial charge in [-0.3, -0.25) is 20.2 Å². The lowest BCUT2D eigenvalue weighted by Crippen LogP contribution is -2.52. The molecule has 0 aromatic heterocycles. The second kappa shape index (κ2) is 5.23. The topological polar surface area (TPSA) is 92.3 Å². The van der Waals surface area contributed by atoms with Crippen LogP contribution in [0.25, 0.3) is 0 Å². The Labute approximate surface area is 122 Å². The third-order valence-corrected chi connectivity index (χ3v) is 5.76. The van der Waals surface area contributed by atoms with Crippen LogP contribution in [0.3, 0.4) is 0 Å². The molecule has 7 heteroatoms. The fourth-order valence-electron chi connectivity index (χ4n) is 2.86. The lowest BCUT2D eigenvalue weighted by Gasteiger charge is -2.31. The normalized spacial score (nSPS) is 27.8. The quantitative estimate of drug-likeness (QED) is 0.767. The molecule has 2 heterocycles. The Bertz CT molecular complexity index is 699. The Morgan fingerprint density at radius 1 is 1.10 bits per heavy atom. The van der Waals surface area contributed by atoms with Gasteiger partial charge in [-0.1, -0.05) is 18.2 Å². The van der Waals surface area contributed by atoms with E-state index in [0.29, 0.717) is 29.7 Å². The van der Waals surface area contributed by atoms with Crippen molar-refractivity contribution in [2.45, 2.75) is 36.2 Å². The first-order chi connectivity index (χ1) is 9.97. The molecule has 2 amide bonds. The van der Waals surface area contributed by atoms with Gasteiger partial charge in [-0.15, -0.1) is 0 Å². The van der Waals surface area contributed by atoms with Gasteiger partial charge in [0.25, 0.3) is 0 Å². The van der Waals surface area contributed by atoms with Crippen molar-refractivity contribution >= 4 is 21.7 Å². The van der Waals surface area contributed by atoms with Crippen LogP contribution in [0.2, 0.25) is 0 Å². The average molecular weight is 308 g/mol. The summed E-state index contributed by atoms with van der Waals surface area (Å²) in [6.07, 6.45) is 1.17. The molecule has 21 heavy (non-hydrogen) atoms. The smallest absolute Gasteiger partial charge is 0.243 e. The second-order valence-corrected chi connectivity index (χ2v) is 7.45. The lowest BCUT2D eigenvalue weighted by molar-refractivity contribution is -0.134. The number of rotatable bonds is 2. The summed E-state index contributed by atoms with van der Waals surface area (Å²) in [5.74, 6) is -0.531. The third-order valence-electron chi connectivity index (χ3n) is 3.95. The van der Waals surface area contributed by atoms with E-state index in [1.807, 2.05) is 0 Å². The zero-order valence-corrected chi connectivity index (χ0v) is 12.2. The van der Waals surface area contributed by atoms with Crippen molar-refractivity contribution in [3.8, 4) is 0 Å². The summed E-state index contributed by atoms with van der Waals surface area (Å²) in [6.45, 7) is 0. The molecule has 0 bridgehead atoms. The van der Waals surface area contributed by atoms with E-state index in [2.05, 4.69) is 10.6 Å². The molecule has 2 aliphatic rings. The molecule has 2 aliphatic heterocycles. The summed E-state index contributed by atoms with van der Waals surface area (Å²) in [7, 11) is -3.23. The molecule has 0 aliphatic carbocycles. The average Bonchev–Trinajstić information content (AvgIpc) is 2.45. The molecule has 112 valence electrons. The molecule has 1 fully saturated rings. The van der Waals surface area contributed by atoms with Gasteiger partial charge in [0, 0.05) is 12.5 Å². The molecule has 2 N–H and O–H groups in total.